The number of amides is 1. The summed E-state index contributed by atoms with van der Waals surface area (Å²) in [6.45, 7) is 8.67. The Balaban J connectivity index is 0.000000231. The number of nitrogens with zero attached hydrogens (tertiary/aromatic N) is 8. The maximum atomic E-state index is 11.8. The quantitative estimate of drug-likeness (QED) is 0.00546. The van der Waals surface area contributed by atoms with Crippen LogP contribution in [0.2, 0.25) is 0 Å². The number of nitrogens with one attached hydrogen (secondary N) is 5. The van der Waals surface area contributed by atoms with Crippen LogP contribution in [0.1, 0.15) is 126 Å². The largest absolute Gasteiger partial charge is 2.00 e. The first-order chi connectivity index (χ1) is 60.7. The molecule has 130 heavy (non-hydrogen) atoms. The molecule has 1 unspecified atom stereocenters. The average Bonchev–Trinajstić information content (AvgIpc) is 1.65. The van der Waals surface area contributed by atoms with Crippen molar-refractivity contribution in [3.63, 3.8) is 0 Å². The maximum Gasteiger partial charge on any atom is 2.00 e. The van der Waals surface area contributed by atoms with Crippen LogP contribution in [0.3, 0.4) is 0 Å². The number of para-hydroxylation sites is 1. The first-order valence-corrected chi connectivity index (χ1v) is 42.8. The number of hydrogen-bond acceptors (Lipinski definition) is 41. The van der Waals surface area contributed by atoms with Crippen molar-refractivity contribution in [3.8, 4) is 11.5 Å². The maximum absolute atomic E-state index is 11.8. The summed E-state index contributed by atoms with van der Waals surface area (Å²) in [4.78, 5) is 70.8. The number of carbonyl (C=O) groups is 4. The normalized spacial score (nSPS) is 29.2. The molecule has 0 spiro atoms. The smallest absolute Gasteiger partial charge is 0.490 e. The van der Waals surface area contributed by atoms with Crippen molar-refractivity contribution in [3.05, 3.63) is 102 Å². The van der Waals surface area contributed by atoms with Crippen LogP contribution in [0.25, 0.3) is 22.3 Å². The molecule has 50 heteroatoms. The van der Waals surface area contributed by atoms with Crippen molar-refractivity contribution in [1.29, 1.82) is 0 Å². The number of aromatic carboxylic acids is 1. The third-order valence-electron chi connectivity index (χ3n) is 21.4. The summed E-state index contributed by atoms with van der Waals surface area (Å²) in [6, 6.07) is 10.3. The van der Waals surface area contributed by atoms with Crippen LogP contribution in [0.5, 0.6) is 11.5 Å². The van der Waals surface area contributed by atoms with E-state index >= 15 is 0 Å². The number of hydrogen-bond donors (Lipinski definition) is 26. The molecule has 4 aromatic heterocycles. The van der Waals surface area contributed by atoms with E-state index in [0.717, 1.165) is 78.9 Å². The Morgan fingerprint density at radius 3 is 1.62 bits per heavy atom. The van der Waals surface area contributed by atoms with Crippen LogP contribution in [0.4, 0.5) is 29.2 Å². The van der Waals surface area contributed by atoms with Gasteiger partial charge in [0.15, 0.2) is 58.6 Å². The van der Waals surface area contributed by atoms with Crippen molar-refractivity contribution in [1.82, 2.24) is 49.7 Å². The fourth-order valence-electron chi connectivity index (χ4n) is 14.4. The number of ether oxygens (including phenoxy) is 7. The van der Waals surface area contributed by atoms with Gasteiger partial charge in [0.1, 0.15) is 109 Å². The molecule has 0 bridgehead atoms. The van der Waals surface area contributed by atoms with Crippen LogP contribution >= 0.6 is 12.4 Å². The van der Waals surface area contributed by atoms with Crippen molar-refractivity contribution in [2.24, 2.45) is 11.8 Å². The van der Waals surface area contributed by atoms with Gasteiger partial charge in [-0.1, -0.05) is 63.3 Å². The third-order valence-corrected chi connectivity index (χ3v) is 21.4. The molecule has 8 aliphatic rings. The number of rotatable bonds is 29. The molecule has 1 amide bonds. The second kappa shape index (κ2) is 50.6. The summed E-state index contributed by atoms with van der Waals surface area (Å²) in [5.41, 5.74) is 15.7. The van der Waals surface area contributed by atoms with E-state index in [1.54, 1.807) is 43.0 Å². The number of carbonyl (C=O) groups excluding carboxylic acids is 3. The second-order valence-electron chi connectivity index (χ2n) is 31.9. The molecule has 47 nitrogen and oxygen atoms in total. The molecule has 0 radical (unpaired) electrons. The van der Waals surface area contributed by atoms with Crippen LogP contribution in [-0.2, 0) is 43.7 Å². The van der Waals surface area contributed by atoms with Gasteiger partial charge in [-0.25, -0.2) is 14.8 Å². The zero-order valence-corrected chi connectivity index (χ0v) is 75.7. The van der Waals surface area contributed by atoms with Gasteiger partial charge < -0.3 is 167 Å². The van der Waals surface area contributed by atoms with Gasteiger partial charge in [-0.3, -0.25) is 23.5 Å². The van der Waals surface area contributed by atoms with Gasteiger partial charge in [0.2, 0.25) is 17.8 Å². The molecule has 28 N–H and O–H groups in total. The van der Waals surface area contributed by atoms with E-state index in [1.807, 2.05) is 42.1 Å². The van der Waals surface area contributed by atoms with Crippen LogP contribution in [-0.4, -0.2) is 392 Å². The number of aliphatic hydroxyl groups excluding tert-OH is 16. The second-order valence-corrected chi connectivity index (χ2v) is 32.8. The minimum atomic E-state index is -4.67. The summed E-state index contributed by atoms with van der Waals surface area (Å²) >= 11 is 0. The number of Topliss-reactive ketones (excluding diaryl/α,β-unsaturated/α-hetero) is 1. The van der Waals surface area contributed by atoms with E-state index in [4.69, 9.17) is 62.5 Å². The number of anilines is 5. The number of ketones is 1. The van der Waals surface area contributed by atoms with E-state index in [0.29, 0.717) is 42.0 Å². The van der Waals surface area contributed by atoms with E-state index < -0.39 is 165 Å². The van der Waals surface area contributed by atoms with Gasteiger partial charge in [-0.15, -0.1) is 12.4 Å². The zero-order chi connectivity index (χ0) is 93.9. The number of nitrogens with two attached hydrogens (primary N) is 2. The Bertz CT molecular complexity index is 4740. The number of aliphatic hydroxyl groups is 16. The number of aromatic nitrogens is 8. The standard InChI is InChI=1S/C25H43NO18.C18H28N2O4.2C14H18N6O.C9H8O4.Ca.ClH.H2O4S/c1-6-11(26-8-2-7(3-27)12(30)15(33)13(8)31)14(32)19(37)24(40-6)43-22-10(5-29)42-25(20(38)17(22)35)44-21-9(4-28)41-23(39)18(36)16(21)34;1-5-6-18(23)20-14-7-8-17(16(9-14)13(4)21)24-11-15(22)10-19-12(2)3;2*15-14-18-12(17-9-2-3-9)11-13(19-14)20(7-16-11)10-4-1-8(5-10)6-21;1-6(10)13-8-5-3-2-4-7(8)9(11)12;;;1-5(2,3)4/h2,6,8-39H,3-5H2,1H3;7-9,12,15,19,22H,5-6,10-11H2,1-4H3,(H,20,23);2*1,4,7-10,21H,2-3,5-6H2,(H3,15,17,18,19);2-5H,1H3,(H,11,12);;1H;(H2,1,2,3,4)/q;;;;;+2;;/t6-,8+,9-,10-,11-,12-,13+,14+,15+,16-,17-,18-,19-,20-,21-,22-,23-,24-,25-;;2*8-,10+;;;;/m1.11..../s1. The van der Waals surface area contributed by atoms with Gasteiger partial charge in [0.05, 0.1) is 68.3 Å². The van der Waals surface area contributed by atoms with E-state index in [9.17, 15) is 101 Å². The molecular weight excluding hydrogens is 1790 g/mol. The molecule has 24 atom stereocenters. The van der Waals surface area contributed by atoms with E-state index in [2.05, 4.69) is 73.4 Å². The van der Waals surface area contributed by atoms with Gasteiger partial charge in [0, 0.05) is 68.8 Å². The Labute approximate surface area is 781 Å². The van der Waals surface area contributed by atoms with E-state index in [-0.39, 0.29) is 140 Å². The summed E-state index contributed by atoms with van der Waals surface area (Å²) in [7, 11) is -4.67. The van der Waals surface area contributed by atoms with Crippen LogP contribution in [0.15, 0.2) is 91.1 Å². The third kappa shape index (κ3) is 30.4. The van der Waals surface area contributed by atoms with Crippen LogP contribution < -0.4 is 47.5 Å². The number of halogens is 1. The van der Waals surface area contributed by atoms with Crippen molar-refractivity contribution < 1.29 is 157 Å². The van der Waals surface area contributed by atoms with Crippen molar-refractivity contribution >= 4 is 136 Å². The van der Waals surface area contributed by atoms with Gasteiger partial charge in [0.25, 0.3) is 0 Å². The average molecular weight is 1910 g/mol. The molecule has 5 aliphatic carbocycles. The van der Waals surface area contributed by atoms with Crippen molar-refractivity contribution in [2.45, 2.75) is 246 Å². The number of allylic oxidation sites excluding steroid dienone is 2. The first kappa shape index (κ1) is 109. The predicted octanol–water partition coefficient (Wildman–Crippen LogP) is -3.32. The Kier molecular flexibility index (Phi) is 42.6. The number of esters is 1. The number of carboxylic acids is 1. The molecular formula is C80H118CaClN15O32S+2. The fraction of sp³-hybridized carbons (Fsp3) is 0.600. The summed E-state index contributed by atoms with van der Waals surface area (Å²) in [5.74, 6) is 0.946. The topological polar surface area (TPSA) is 751 Å². The zero-order valence-electron chi connectivity index (χ0n) is 71.8. The number of nitrogen functional groups attached to an aromatic ring is 2. The minimum Gasteiger partial charge on any atom is -0.490 e. The number of imidazole rings is 2. The molecule has 7 heterocycles. The molecule has 2 aromatic carbocycles. The molecule has 3 saturated heterocycles. The minimum absolute atomic E-state index is 0. The number of benzene rings is 2. The van der Waals surface area contributed by atoms with Gasteiger partial charge in [-0.05, 0) is 94.7 Å². The fourth-order valence-corrected chi connectivity index (χ4v) is 14.4. The molecule has 6 aromatic rings. The van der Waals surface area contributed by atoms with Gasteiger partial charge >= 0.3 is 60.1 Å². The SMILES string of the molecule is CC(=O)Oc1ccccc1C(=O)O.CCCC(=O)Nc1ccc(OCC(O)CNC(C)C)c(C(C)=O)c1.C[C@H]1O[C@H](O[C@H]2[C@H](O)[C@@H](O)[C@@H](O[C@H]3[C@H](O)[C@@H](O)[C@H](O)O[C@@H]3CO)O[C@@H]2CO)[C@H](O)[C@@H](O)[C@@H]1N[C@H]1C=C(CO)[C@@H](O)[C@H](O)[C@H]1O.Cl.Nc1nc(NC2CC2)c2ncn([C@H]3C=C[C@@H](CO)C3)c2n1.Nc1nc(NC2CC2)c2ncn([C@H]3C=C[C@@H](CO)C3)c2n1.O=S(=O)(O)O.[Ca+2]. The monoisotopic (exact) mass is 1910 g/mol. The van der Waals surface area contributed by atoms with Gasteiger partial charge in [-0.2, -0.15) is 28.4 Å². The predicted molar refractivity (Wildman–Crippen MR) is 464 cm³/mol. The number of fused-ring (bicyclic) bond motifs is 2. The summed E-state index contributed by atoms with van der Waals surface area (Å²) in [5, 5.41) is 185. The molecule has 5 fully saturated rings. The van der Waals surface area contributed by atoms with Crippen molar-refractivity contribution in [2.75, 3.05) is 73.6 Å². The van der Waals surface area contributed by atoms with Crippen LogP contribution in [0, 0.1) is 11.8 Å². The molecule has 718 valence electrons. The Hall–Kier alpha value is -7.66. The summed E-state index contributed by atoms with van der Waals surface area (Å²) < 4.78 is 73.3. The molecule has 14 rings (SSSR count). The molecule has 2 saturated carbocycles. The van der Waals surface area contributed by atoms with E-state index in [1.165, 1.54) is 39.0 Å². The number of carboxylic acid groups (broad SMARTS) is 1. The first-order valence-electron chi connectivity index (χ1n) is 41.4. The Morgan fingerprint density at radius 1 is 0.638 bits per heavy atom. The summed E-state index contributed by atoms with van der Waals surface area (Å²) in [6.07, 6.45) is -7.85. The Morgan fingerprint density at radius 2 is 1.15 bits per heavy atom. The molecule has 3 aliphatic heterocycles.